The molecule has 2 N–H and O–H groups in total. The van der Waals surface area contributed by atoms with Crippen molar-refractivity contribution < 1.29 is 5.11 Å². The van der Waals surface area contributed by atoms with Crippen molar-refractivity contribution in [2.24, 2.45) is 0 Å². The predicted octanol–water partition coefficient (Wildman–Crippen LogP) is 4.34. The van der Waals surface area contributed by atoms with Crippen LogP contribution in [-0.2, 0) is 0 Å². The summed E-state index contributed by atoms with van der Waals surface area (Å²) < 4.78 is 3.88. The van der Waals surface area contributed by atoms with Crippen LogP contribution in [-0.4, -0.2) is 43.8 Å². The largest absolute Gasteiger partial charge is 0.394 e. The molecule has 3 aromatic heterocycles. The van der Waals surface area contributed by atoms with Gasteiger partial charge in [-0.3, -0.25) is 0 Å². The smallest absolute Gasteiger partial charge is 0.228 e. The van der Waals surface area contributed by atoms with E-state index in [0.29, 0.717) is 11.8 Å². The molecule has 9 heteroatoms. The number of nitrogens with one attached hydrogen (secondary N) is 1. The summed E-state index contributed by atoms with van der Waals surface area (Å²) in [5.41, 5.74) is 1.91. The standard InChI is InChI=1S/C20H19BrN6OS/c21-15-11-29-18-17(15)24-20(27-8-4-7-14(27)10-28)25-19(18)23-16-9-26(12-22-16)13-5-2-1-3-6-13/h1-3,5-6,9,11-12,14,28H,4,7-8,10H2,(H,23,24,25). The quantitative estimate of drug-likeness (QED) is 0.451. The molecule has 29 heavy (non-hydrogen) atoms. The molecule has 4 heterocycles. The lowest BCUT2D eigenvalue weighted by Crippen LogP contribution is -2.33. The molecule has 1 fully saturated rings. The average Bonchev–Trinajstić information content (AvgIpc) is 3.49. The third kappa shape index (κ3) is 3.50. The van der Waals surface area contributed by atoms with Crippen LogP contribution >= 0.6 is 27.3 Å². The van der Waals surface area contributed by atoms with Crippen LogP contribution in [0.1, 0.15) is 12.8 Å². The molecule has 0 spiro atoms. The van der Waals surface area contributed by atoms with Crippen molar-refractivity contribution in [2.75, 3.05) is 23.4 Å². The van der Waals surface area contributed by atoms with Gasteiger partial charge < -0.3 is 19.9 Å². The zero-order chi connectivity index (χ0) is 19.8. The second kappa shape index (κ2) is 7.74. The molecular formula is C20H19BrN6OS. The minimum absolute atomic E-state index is 0.0648. The molecule has 0 aliphatic carbocycles. The van der Waals surface area contributed by atoms with E-state index in [2.05, 4.69) is 31.1 Å². The Morgan fingerprint density at radius 3 is 2.93 bits per heavy atom. The molecule has 1 unspecified atom stereocenters. The van der Waals surface area contributed by atoms with Gasteiger partial charge in [0.2, 0.25) is 5.95 Å². The molecule has 4 aromatic rings. The number of benzene rings is 1. The van der Waals surface area contributed by atoms with Crippen molar-refractivity contribution in [3.63, 3.8) is 0 Å². The number of aliphatic hydroxyl groups is 1. The summed E-state index contributed by atoms with van der Waals surface area (Å²) in [5.74, 6) is 2.07. The van der Waals surface area contributed by atoms with E-state index in [0.717, 1.165) is 45.6 Å². The van der Waals surface area contributed by atoms with E-state index in [1.807, 2.05) is 46.5 Å². The summed E-state index contributed by atoms with van der Waals surface area (Å²) in [4.78, 5) is 16.2. The fourth-order valence-corrected chi connectivity index (χ4v) is 5.14. The Labute approximate surface area is 180 Å². The summed E-state index contributed by atoms with van der Waals surface area (Å²) >= 11 is 5.18. The Morgan fingerprint density at radius 1 is 1.24 bits per heavy atom. The molecule has 1 aromatic carbocycles. The van der Waals surface area contributed by atoms with Gasteiger partial charge in [0.05, 0.1) is 28.0 Å². The van der Waals surface area contributed by atoms with Crippen LogP contribution in [0.4, 0.5) is 17.6 Å². The molecule has 0 saturated carbocycles. The van der Waals surface area contributed by atoms with Gasteiger partial charge in [-0.2, -0.15) is 4.98 Å². The Balaban J connectivity index is 1.52. The normalized spacial score (nSPS) is 16.6. The van der Waals surface area contributed by atoms with Crippen molar-refractivity contribution in [1.29, 1.82) is 0 Å². The van der Waals surface area contributed by atoms with E-state index >= 15 is 0 Å². The van der Waals surface area contributed by atoms with Crippen molar-refractivity contribution in [1.82, 2.24) is 19.5 Å². The topological polar surface area (TPSA) is 79.1 Å². The number of anilines is 3. The third-order valence-electron chi connectivity index (χ3n) is 5.09. The zero-order valence-corrected chi connectivity index (χ0v) is 17.9. The molecule has 0 amide bonds. The molecule has 7 nitrogen and oxygen atoms in total. The first-order valence-corrected chi connectivity index (χ1v) is 11.1. The van der Waals surface area contributed by atoms with E-state index in [9.17, 15) is 5.11 Å². The van der Waals surface area contributed by atoms with E-state index in [-0.39, 0.29) is 12.6 Å². The lowest BCUT2D eigenvalue weighted by molar-refractivity contribution is 0.265. The van der Waals surface area contributed by atoms with E-state index < -0.39 is 0 Å². The number of thiophene rings is 1. The first kappa shape index (κ1) is 18.5. The highest BCUT2D eigenvalue weighted by Gasteiger charge is 2.27. The summed E-state index contributed by atoms with van der Waals surface area (Å²) in [6.07, 6.45) is 5.70. The van der Waals surface area contributed by atoms with E-state index in [1.54, 1.807) is 17.7 Å². The Morgan fingerprint density at radius 2 is 2.10 bits per heavy atom. The number of nitrogens with zero attached hydrogens (tertiary/aromatic N) is 5. The van der Waals surface area contributed by atoms with Gasteiger partial charge in [-0.05, 0) is 40.9 Å². The van der Waals surface area contributed by atoms with Gasteiger partial charge in [0.25, 0.3) is 0 Å². The predicted molar refractivity (Wildman–Crippen MR) is 119 cm³/mol. The maximum absolute atomic E-state index is 9.71. The summed E-state index contributed by atoms with van der Waals surface area (Å²) in [7, 11) is 0. The highest BCUT2D eigenvalue weighted by atomic mass is 79.9. The van der Waals surface area contributed by atoms with Gasteiger partial charge in [-0.25, -0.2) is 9.97 Å². The number of imidazole rings is 1. The van der Waals surface area contributed by atoms with Crippen LogP contribution in [0.25, 0.3) is 15.9 Å². The number of hydrogen-bond donors (Lipinski definition) is 2. The lowest BCUT2D eigenvalue weighted by Gasteiger charge is -2.23. The minimum Gasteiger partial charge on any atom is -0.394 e. The monoisotopic (exact) mass is 470 g/mol. The molecule has 0 bridgehead atoms. The second-order valence-corrected chi connectivity index (χ2v) is 8.67. The summed E-state index contributed by atoms with van der Waals surface area (Å²) in [6, 6.07) is 10.1. The summed E-state index contributed by atoms with van der Waals surface area (Å²) in [6.45, 7) is 0.955. The van der Waals surface area contributed by atoms with Gasteiger partial charge in [0, 0.05) is 17.6 Å². The average molecular weight is 471 g/mol. The van der Waals surface area contributed by atoms with Crippen molar-refractivity contribution in [3.05, 3.63) is 52.7 Å². The first-order valence-electron chi connectivity index (χ1n) is 9.41. The number of halogens is 1. The van der Waals surface area contributed by atoms with Crippen LogP contribution in [0.2, 0.25) is 0 Å². The highest BCUT2D eigenvalue weighted by molar-refractivity contribution is 9.10. The van der Waals surface area contributed by atoms with E-state index in [4.69, 9.17) is 9.97 Å². The van der Waals surface area contributed by atoms with Crippen LogP contribution < -0.4 is 10.2 Å². The van der Waals surface area contributed by atoms with Crippen molar-refractivity contribution in [3.8, 4) is 5.69 Å². The third-order valence-corrected chi connectivity index (χ3v) is 6.97. The van der Waals surface area contributed by atoms with Gasteiger partial charge in [0.15, 0.2) is 5.82 Å². The second-order valence-electron chi connectivity index (χ2n) is 6.93. The number of rotatable bonds is 5. The fraction of sp³-hybridized carbons (Fsp3) is 0.250. The molecule has 1 aliphatic rings. The zero-order valence-electron chi connectivity index (χ0n) is 15.5. The van der Waals surface area contributed by atoms with Crippen LogP contribution in [0, 0.1) is 0 Å². The Bertz CT molecular complexity index is 1140. The number of para-hydroxylation sites is 1. The number of hydrogen-bond acceptors (Lipinski definition) is 7. The Kier molecular flexibility index (Phi) is 4.94. The van der Waals surface area contributed by atoms with Crippen molar-refractivity contribution >= 4 is 55.1 Å². The molecule has 148 valence electrons. The van der Waals surface area contributed by atoms with Crippen LogP contribution in [0.5, 0.6) is 0 Å². The van der Waals surface area contributed by atoms with Crippen LogP contribution in [0.3, 0.4) is 0 Å². The molecular weight excluding hydrogens is 452 g/mol. The van der Waals surface area contributed by atoms with E-state index in [1.165, 1.54) is 0 Å². The number of aliphatic hydroxyl groups excluding tert-OH is 1. The molecule has 1 atom stereocenters. The molecule has 5 rings (SSSR count). The number of aromatic nitrogens is 4. The van der Waals surface area contributed by atoms with Gasteiger partial charge in [0.1, 0.15) is 17.7 Å². The van der Waals surface area contributed by atoms with Gasteiger partial charge in [-0.1, -0.05) is 18.2 Å². The van der Waals surface area contributed by atoms with Gasteiger partial charge in [-0.15, -0.1) is 11.3 Å². The fourth-order valence-electron chi connectivity index (χ4n) is 3.63. The Hall–Kier alpha value is -2.49. The maximum Gasteiger partial charge on any atom is 0.228 e. The molecule has 1 aliphatic heterocycles. The van der Waals surface area contributed by atoms with Crippen molar-refractivity contribution in [2.45, 2.75) is 18.9 Å². The van der Waals surface area contributed by atoms with Gasteiger partial charge >= 0.3 is 0 Å². The number of fused-ring (bicyclic) bond motifs is 1. The van der Waals surface area contributed by atoms with Crippen LogP contribution in [0.15, 0.2) is 52.7 Å². The lowest BCUT2D eigenvalue weighted by atomic mass is 10.2. The molecule has 1 saturated heterocycles. The minimum atomic E-state index is 0.0648. The first-order chi connectivity index (χ1) is 14.2. The maximum atomic E-state index is 9.71. The molecule has 0 radical (unpaired) electrons. The summed E-state index contributed by atoms with van der Waals surface area (Å²) in [5, 5.41) is 15.1. The SMILES string of the molecule is OCC1CCCN1c1nc(Nc2cn(-c3ccccc3)cn2)c2scc(Br)c2n1. The highest BCUT2D eigenvalue weighted by Crippen LogP contribution is 2.36.